The van der Waals surface area contributed by atoms with Crippen LogP contribution in [0.3, 0.4) is 0 Å². The zero-order valence-corrected chi connectivity index (χ0v) is 16.8. The maximum Gasteiger partial charge on any atom is 0.251 e. The molecule has 2 aliphatic carbocycles. The van der Waals surface area contributed by atoms with Crippen molar-refractivity contribution in [2.24, 2.45) is 0 Å². The fraction of sp³-hybridized carbons (Fsp3) is 0.417. The van der Waals surface area contributed by atoms with Gasteiger partial charge in [0.2, 0.25) is 0 Å². The second-order valence-corrected chi connectivity index (χ2v) is 8.26. The molecule has 152 valence electrons. The molecule has 0 saturated heterocycles. The molecule has 0 radical (unpaired) electrons. The molecule has 0 spiro atoms. The average Bonchev–Trinajstić information content (AvgIpc) is 3.55. The van der Waals surface area contributed by atoms with Crippen molar-refractivity contribution in [1.82, 2.24) is 10.6 Å². The third kappa shape index (κ3) is 4.66. The first-order chi connectivity index (χ1) is 14.0. The molecule has 0 bridgehead atoms. The average molecular weight is 394 g/mol. The number of hydrogen-bond acceptors (Lipinski definition) is 2. The smallest absolute Gasteiger partial charge is 0.251 e. The first-order valence-electron chi connectivity index (χ1n) is 10.5. The first-order valence-corrected chi connectivity index (χ1v) is 10.5. The second kappa shape index (κ2) is 8.36. The Hall–Kier alpha value is -2.69. The van der Waals surface area contributed by atoms with Crippen molar-refractivity contribution in [3.63, 3.8) is 0 Å². The van der Waals surface area contributed by atoms with Gasteiger partial charge < -0.3 is 10.6 Å². The number of hydrogen-bond donors (Lipinski definition) is 2. The van der Waals surface area contributed by atoms with E-state index in [0.717, 1.165) is 31.2 Å². The Labute approximate surface area is 170 Å². The molecule has 2 aliphatic rings. The van der Waals surface area contributed by atoms with E-state index in [1.54, 1.807) is 25.1 Å². The molecule has 0 atom stereocenters. The molecule has 4 nitrogen and oxygen atoms in total. The van der Waals surface area contributed by atoms with Gasteiger partial charge >= 0.3 is 0 Å². The summed E-state index contributed by atoms with van der Waals surface area (Å²) < 4.78 is 14.5. The lowest BCUT2D eigenvalue weighted by Gasteiger charge is -2.22. The van der Waals surface area contributed by atoms with Gasteiger partial charge in [-0.15, -0.1) is 0 Å². The fourth-order valence-electron chi connectivity index (χ4n) is 3.92. The molecule has 2 fully saturated rings. The highest BCUT2D eigenvalue weighted by molar-refractivity contribution is 5.97. The van der Waals surface area contributed by atoms with Crippen LogP contribution in [0.15, 0.2) is 36.4 Å². The number of rotatable bonds is 5. The van der Waals surface area contributed by atoms with Gasteiger partial charge in [0.25, 0.3) is 11.8 Å². The van der Waals surface area contributed by atoms with E-state index >= 15 is 0 Å². The van der Waals surface area contributed by atoms with Crippen LogP contribution >= 0.6 is 0 Å². The Morgan fingerprint density at radius 2 is 1.41 bits per heavy atom. The highest BCUT2D eigenvalue weighted by Crippen LogP contribution is 2.28. The maximum absolute atomic E-state index is 14.5. The van der Waals surface area contributed by atoms with Crippen LogP contribution in [0.1, 0.15) is 71.2 Å². The monoisotopic (exact) mass is 394 g/mol. The molecule has 2 N–H and O–H groups in total. The van der Waals surface area contributed by atoms with E-state index in [4.69, 9.17) is 0 Å². The summed E-state index contributed by atoms with van der Waals surface area (Å²) >= 11 is 0. The number of amides is 2. The third-order valence-electron chi connectivity index (χ3n) is 5.92. The predicted molar refractivity (Wildman–Crippen MR) is 111 cm³/mol. The highest BCUT2D eigenvalue weighted by Gasteiger charge is 2.24. The molecule has 0 heterocycles. The van der Waals surface area contributed by atoms with Gasteiger partial charge in [-0.3, -0.25) is 9.59 Å². The van der Waals surface area contributed by atoms with Gasteiger partial charge in [-0.25, -0.2) is 4.39 Å². The van der Waals surface area contributed by atoms with Crippen LogP contribution < -0.4 is 10.6 Å². The van der Waals surface area contributed by atoms with Crippen molar-refractivity contribution in [2.75, 3.05) is 0 Å². The molecule has 2 aromatic carbocycles. The summed E-state index contributed by atoms with van der Waals surface area (Å²) in [5.74, 6) is -0.706. The van der Waals surface area contributed by atoms with Crippen LogP contribution in [0.2, 0.25) is 0 Å². The summed E-state index contributed by atoms with van der Waals surface area (Å²) in [5.41, 5.74) is 2.88. The summed E-state index contributed by atoms with van der Waals surface area (Å²) in [5, 5.41) is 6.01. The lowest BCUT2D eigenvalue weighted by molar-refractivity contribution is 0.0925. The summed E-state index contributed by atoms with van der Waals surface area (Å²) in [6, 6.07) is 10.7. The Kier molecular flexibility index (Phi) is 5.65. The van der Waals surface area contributed by atoms with Crippen LogP contribution in [0, 0.1) is 12.7 Å². The van der Waals surface area contributed by atoms with Gasteiger partial charge in [0.05, 0.1) is 0 Å². The predicted octanol–water partition coefficient (Wildman–Crippen LogP) is 4.76. The quantitative estimate of drug-likeness (QED) is 0.768. The van der Waals surface area contributed by atoms with Crippen LogP contribution in [-0.2, 0) is 0 Å². The van der Waals surface area contributed by atoms with Crippen molar-refractivity contribution < 1.29 is 14.0 Å². The molecule has 0 aliphatic heterocycles. The number of carbonyl (C=O) groups excluding carboxylic acids is 2. The van der Waals surface area contributed by atoms with Crippen LogP contribution in [0.4, 0.5) is 4.39 Å². The zero-order valence-electron chi connectivity index (χ0n) is 16.8. The van der Waals surface area contributed by atoms with E-state index in [1.165, 1.54) is 25.3 Å². The molecular weight excluding hydrogens is 367 g/mol. The van der Waals surface area contributed by atoms with E-state index < -0.39 is 5.82 Å². The van der Waals surface area contributed by atoms with Crippen molar-refractivity contribution >= 4 is 11.8 Å². The van der Waals surface area contributed by atoms with E-state index in [0.29, 0.717) is 22.3 Å². The lowest BCUT2D eigenvalue weighted by atomic mass is 9.94. The number of carbonyl (C=O) groups is 2. The number of nitrogens with one attached hydrogen (secondary N) is 2. The minimum Gasteiger partial charge on any atom is -0.349 e. The third-order valence-corrected chi connectivity index (χ3v) is 5.92. The van der Waals surface area contributed by atoms with Crippen LogP contribution in [0.5, 0.6) is 0 Å². The fourth-order valence-corrected chi connectivity index (χ4v) is 3.92. The molecule has 2 aromatic rings. The molecule has 5 heteroatoms. The van der Waals surface area contributed by atoms with Crippen LogP contribution in [-0.4, -0.2) is 23.9 Å². The minimum atomic E-state index is -0.400. The first kappa shape index (κ1) is 19.6. The molecule has 0 unspecified atom stereocenters. The van der Waals surface area contributed by atoms with Crippen LogP contribution in [0.25, 0.3) is 11.1 Å². The lowest BCUT2D eigenvalue weighted by Crippen LogP contribution is -2.36. The number of benzene rings is 2. The Bertz CT molecular complexity index is 913. The van der Waals surface area contributed by atoms with Crippen molar-refractivity contribution in [3.8, 4) is 11.1 Å². The summed E-state index contributed by atoms with van der Waals surface area (Å²) in [6.07, 6.45) is 7.62. The number of halogens is 1. The molecule has 4 rings (SSSR count). The van der Waals surface area contributed by atoms with Gasteiger partial charge in [-0.05, 0) is 73.6 Å². The summed E-state index contributed by atoms with van der Waals surface area (Å²) in [7, 11) is 0. The van der Waals surface area contributed by atoms with Crippen molar-refractivity contribution in [2.45, 2.75) is 64.0 Å². The Balaban J connectivity index is 1.52. The van der Waals surface area contributed by atoms with E-state index in [9.17, 15) is 14.0 Å². The standard InChI is InChI=1S/C24H27FN2O2/c1-15-21(13-18(14-22(15)25)24(29)27-20-11-12-20)16-7-9-17(10-8-16)23(28)26-19-5-3-2-4-6-19/h7-10,13-14,19-20H,2-6,11-12H2,1H3,(H,26,28)(H,27,29). The molecule has 2 saturated carbocycles. The minimum absolute atomic E-state index is 0.0658. The van der Waals surface area contributed by atoms with Gasteiger partial charge in [0, 0.05) is 23.2 Å². The van der Waals surface area contributed by atoms with Gasteiger partial charge in [-0.2, -0.15) is 0 Å². The molecule has 0 aromatic heterocycles. The van der Waals surface area contributed by atoms with E-state index in [1.807, 2.05) is 12.1 Å². The van der Waals surface area contributed by atoms with Gasteiger partial charge in [-0.1, -0.05) is 31.4 Å². The highest BCUT2D eigenvalue weighted by atomic mass is 19.1. The zero-order chi connectivity index (χ0) is 20.4. The Morgan fingerprint density at radius 3 is 2.03 bits per heavy atom. The normalized spacial score (nSPS) is 17.0. The maximum atomic E-state index is 14.5. The summed E-state index contributed by atoms with van der Waals surface area (Å²) in [6.45, 7) is 1.71. The molecular formula is C24H27FN2O2. The van der Waals surface area contributed by atoms with Gasteiger partial charge in [0.1, 0.15) is 5.82 Å². The van der Waals surface area contributed by atoms with Gasteiger partial charge in [0.15, 0.2) is 0 Å². The molecule has 29 heavy (non-hydrogen) atoms. The van der Waals surface area contributed by atoms with E-state index in [2.05, 4.69) is 10.6 Å². The summed E-state index contributed by atoms with van der Waals surface area (Å²) in [4.78, 5) is 24.9. The SMILES string of the molecule is Cc1c(F)cc(C(=O)NC2CC2)cc1-c1ccc(C(=O)NC2CCCCC2)cc1. The van der Waals surface area contributed by atoms with E-state index in [-0.39, 0.29) is 23.9 Å². The topological polar surface area (TPSA) is 58.2 Å². The van der Waals surface area contributed by atoms with Crippen molar-refractivity contribution in [1.29, 1.82) is 0 Å². The molecule has 2 amide bonds. The Morgan fingerprint density at radius 1 is 0.828 bits per heavy atom. The second-order valence-electron chi connectivity index (χ2n) is 8.26. The largest absolute Gasteiger partial charge is 0.349 e. The van der Waals surface area contributed by atoms with Crippen molar-refractivity contribution in [3.05, 3.63) is 58.9 Å².